The molecular weight excluding hydrogens is 688 g/mol. The number of aliphatic hydroxyl groups is 3. The van der Waals surface area contributed by atoms with Crippen LogP contribution in [0.25, 0.3) is 0 Å². The van der Waals surface area contributed by atoms with Gasteiger partial charge in [0.15, 0.2) is 0 Å². The fraction of sp³-hybridized carbons (Fsp3) is 0.595. The Morgan fingerprint density at radius 1 is 1.07 bits per heavy atom. The number of carbonyl (C=O) groups is 2. The number of aromatic hydroxyl groups is 1. The molecule has 12 nitrogen and oxygen atoms in total. The van der Waals surface area contributed by atoms with Gasteiger partial charge in [0.1, 0.15) is 24.1 Å². The lowest BCUT2D eigenvalue weighted by molar-refractivity contribution is -0.228. The van der Waals surface area contributed by atoms with Crippen LogP contribution in [0.4, 0.5) is 4.79 Å². The Hall–Kier alpha value is -4.13. The Balaban J connectivity index is 1.40. The molecule has 5 N–H and O–H groups in total. The number of amides is 3. The maximum absolute atomic E-state index is 14.2. The van der Waals surface area contributed by atoms with Gasteiger partial charge in [0.25, 0.3) is 0 Å². The van der Waals surface area contributed by atoms with E-state index in [9.17, 15) is 30.0 Å². The second kappa shape index (κ2) is 18.5. The minimum absolute atomic E-state index is 0.00644. The number of phenolic OH excluding ortho intramolecular Hbond substituents is 1. The van der Waals surface area contributed by atoms with Gasteiger partial charge in [-0.3, -0.25) is 4.79 Å². The van der Waals surface area contributed by atoms with Gasteiger partial charge in [-0.25, -0.2) is 4.79 Å². The highest BCUT2D eigenvalue weighted by atomic mass is 16.6. The summed E-state index contributed by atoms with van der Waals surface area (Å²) < 4.78 is 6.71. The first kappa shape index (κ1) is 39.6. The van der Waals surface area contributed by atoms with Crippen molar-refractivity contribution in [1.29, 1.82) is 0 Å². The number of unbranched alkanes of at least 4 members (excludes halogenated alkanes) is 2. The number of carbonyl (C=O) groups excluding carboxylic acids is 2. The monoisotopic (exact) mass is 746 g/mol. The summed E-state index contributed by atoms with van der Waals surface area (Å²) in [5.74, 6) is -2.03. The summed E-state index contributed by atoms with van der Waals surface area (Å²) in [6.45, 7) is 4.47. The molecule has 0 unspecified atom stereocenters. The normalized spacial score (nSPS) is 26.5. The lowest BCUT2D eigenvalue weighted by Crippen LogP contribution is -2.69. The third-order valence-corrected chi connectivity index (χ3v) is 11.7. The molecule has 2 aliphatic carbocycles. The molecule has 294 valence electrons. The second-order valence-corrected chi connectivity index (χ2v) is 15.2. The lowest BCUT2D eigenvalue weighted by atomic mass is 9.55. The smallest absolute Gasteiger partial charge is 0.317 e. The van der Waals surface area contributed by atoms with Crippen LogP contribution in [0.3, 0.4) is 0 Å². The largest absolute Gasteiger partial charge is 0.508 e. The van der Waals surface area contributed by atoms with Gasteiger partial charge in [-0.05, 0) is 86.1 Å². The van der Waals surface area contributed by atoms with E-state index in [1.165, 1.54) is 0 Å². The van der Waals surface area contributed by atoms with Crippen LogP contribution in [0, 0.1) is 17.8 Å². The number of aliphatic hydroxyl groups excluding tert-OH is 2. The van der Waals surface area contributed by atoms with Gasteiger partial charge in [0.2, 0.25) is 11.7 Å². The van der Waals surface area contributed by atoms with Crippen molar-refractivity contribution in [1.82, 2.24) is 15.1 Å². The molecule has 0 bridgehead atoms. The summed E-state index contributed by atoms with van der Waals surface area (Å²) in [6, 6.07) is 13.6. The highest BCUT2D eigenvalue weighted by molar-refractivity contribution is 6.03. The number of oxime groups is 1. The summed E-state index contributed by atoms with van der Waals surface area (Å²) in [7, 11) is 0. The number of likely N-dealkylation sites (tertiary alicyclic amines) is 1. The first-order valence-electron chi connectivity index (χ1n) is 20.0. The molecule has 2 heterocycles. The Morgan fingerprint density at radius 3 is 2.57 bits per heavy atom. The van der Waals surface area contributed by atoms with Crippen LogP contribution in [0.2, 0.25) is 0 Å². The van der Waals surface area contributed by atoms with Crippen LogP contribution in [0.15, 0.2) is 65.3 Å². The standard InChI is InChI=1S/C42H58N4O8/c1-2-20-46(41(51)43-19-11-22-45-21-10-16-38(45)50)37-27-35(44-53-28-29-12-4-3-5-13-29)33-25-30(14-6-8-23-47)32(15-7-9-24-48)39-34-26-31(49)17-18-36(34)54-42(37,52)40(33)39/h3-5,12-13,17-18,25-26,30,32,37,39-40,47-49,52H,2,6-11,14-16,19-24,27-28H2,1H3,(H,43,51)/t30-,32+,37-,39+,40+,42+/m0/s1. The molecule has 4 aliphatic rings. The van der Waals surface area contributed by atoms with Crippen molar-refractivity contribution in [2.75, 3.05) is 39.4 Å². The number of allylic oxidation sites excluding steroid dienone is 1. The van der Waals surface area contributed by atoms with Crippen LogP contribution < -0.4 is 10.1 Å². The van der Waals surface area contributed by atoms with E-state index in [-0.39, 0.29) is 61.7 Å². The second-order valence-electron chi connectivity index (χ2n) is 15.2. The number of hydrogen-bond acceptors (Lipinski definition) is 9. The van der Waals surface area contributed by atoms with Crippen LogP contribution >= 0.6 is 0 Å². The summed E-state index contributed by atoms with van der Waals surface area (Å²) in [4.78, 5) is 35.9. The quantitative estimate of drug-likeness (QED) is 0.0994. The Labute approximate surface area is 318 Å². The van der Waals surface area contributed by atoms with E-state index >= 15 is 0 Å². The number of hydrogen-bond donors (Lipinski definition) is 5. The van der Waals surface area contributed by atoms with Crippen LogP contribution in [0.5, 0.6) is 11.5 Å². The average Bonchev–Trinajstić information content (AvgIpc) is 3.58. The van der Waals surface area contributed by atoms with Gasteiger partial charge >= 0.3 is 6.03 Å². The summed E-state index contributed by atoms with van der Waals surface area (Å²) >= 11 is 0. The van der Waals surface area contributed by atoms with Crippen molar-refractivity contribution in [3.63, 3.8) is 0 Å². The number of fused-ring (bicyclic) bond motifs is 2. The minimum atomic E-state index is -1.85. The molecule has 1 saturated heterocycles. The van der Waals surface area contributed by atoms with Crippen molar-refractivity contribution in [3.05, 3.63) is 71.3 Å². The molecule has 0 spiro atoms. The fourth-order valence-corrected chi connectivity index (χ4v) is 9.19. The molecule has 3 amide bonds. The van der Waals surface area contributed by atoms with Crippen LogP contribution in [-0.4, -0.2) is 99.1 Å². The topological polar surface area (TPSA) is 164 Å². The molecule has 12 heteroatoms. The van der Waals surface area contributed by atoms with Crippen molar-refractivity contribution in [3.8, 4) is 11.5 Å². The number of benzene rings is 2. The number of nitrogens with zero attached hydrogens (tertiary/aromatic N) is 3. The van der Waals surface area contributed by atoms with Gasteiger partial charge in [0, 0.05) is 63.7 Å². The molecular formula is C42H58N4O8. The van der Waals surface area contributed by atoms with Gasteiger partial charge in [-0.1, -0.05) is 61.3 Å². The van der Waals surface area contributed by atoms with Crippen molar-refractivity contribution >= 4 is 17.6 Å². The molecule has 1 saturated carbocycles. The predicted octanol–water partition coefficient (Wildman–Crippen LogP) is 5.45. The van der Waals surface area contributed by atoms with Gasteiger partial charge in [0.05, 0.1) is 11.6 Å². The molecule has 2 aromatic rings. The number of rotatable bonds is 18. The molecule has 2 aromatic carbocycles. The SMILES string of the molecule is CCCN(C(=O)NCCCN1CCCC1=O)[C@H]1CC(=NOCc2ccccc2)C2=C[C@H](CCCCO)[C@@H](CCCCO)[C@@H]3c4cc(O)ccc4O[C@@]1(O)[C@H]23. The Kier molecular flexibility index (Phi) is 13.5. The Bertz CT molecular complexity index is 1640. The number of ether oxygens (including phenoxy) is 1. The van der Waals surface area contributed by atoms with Gasteiger partial charge in [-0.2, -0.15) is 0 Å². The maximum Gasteiger partial charge on any atom is 0.317 e. The number of phenols is 1. The van der Waals surface area contributed by atoms with Crippen molar-refractivity contribution in [2.24, 2.45) is 22.9 Å². The lowest BCUT2D eigenvalue weighted by Gasteiger charge is -2.58. The zero-order valence-electron chi connectivity index (χ0n) is 31.6. The first-order chi connectivity index (χ1) is 26.3. The highest BCUT2D eigenvalue weighted by Gasteiger charge is 2.64. The minimum Gasteiger partial charge on any atom is -0.508 e. The fourth-order valence-electron chi connectivity index (χ4n) is 9.19. The molecule has 0 aromatic heterocycles. The van der Waals surface area contributed by atoms with E-state index < -0.39 is 17.7 Å². The average molecular weight is 747 g/mol. The van der Waals surface area contributed by atoms with Gasteiger partial charge in [-0.15, -0.1) is 0 Å². The van der Waals surface area contributed by atoms with Crippen molar-refractivity contribution in [2.45, 2.75) is 102 Å². The third kappa shape index (κ3) is 8.71. The zero-order chi connectivity index (χ0) is 38.1. The van der Waals surface area contributed by atoms with E-state index in [1.54, 1.807) is 23.1 Å². The van der Waals surface area contributed by atoms with E-state index in [1.807, 2.05) is 42.2 Å². The Morgan fingerprint density at radius 2 is 1.85 bits per heavy atom. The van der Waals surface area contributed by atoms with Crippen LogP contribution in [-0.2, 0) is 16.2 Å². The molecule has 6 atom stereocenters. The summed E-state index contributed by atoms with van der Waals surface area (Å²) in [5, 5.41) is 51.3. The molecule has 2 fully saturated rings. The zero-order valence-corrected chi connectivity index (χ0v) is 31.6. The highest BCUT2D eigenvalue weighted by Crippen LogP contribution is 2.60. The van der Waals surface area contributed by atoms with Crippen LogP contribution in [0.1, 0.15) is 94.6 Å². The van der Waals surface area contributed by atoms with Crippen molar-refractivity contribution < 1.29 is 39.6 Å². The summed E-state index contributed by atoms with van der Waals surface area (Å²) in [5.41, 5.74) is 3.22. The third-order valence-electron chi connectivity index (χ3n) is 11.7. The van der Waals surface area contributed by atoms with E-state index in [4.69, 9.17) is 14.7 Å². The molecule has 6 rings (SSSR count). The van der Waals surface area contributed by atoms with E-state index in [0.29, 0.717) is 63.2 Å². The predicted molar refractivity (Wildman–Crippen MR) is 205 cm³/mol. The molecule has 0 radical (unpaired) electrons. The molecule has 54 heavy (non-hydrogen) atoms. The number of urea groups is 1. The molecule has 2 aliphatic heterocycles. The maximum atomic E-state index is 14.2. The van der Waals surface area contributed by atoms with Gasteiger partial charge < -0.3 is 45.1 Å². The van der Waals surface area contributed by atoms with E-state index in [0.717, 1.165) is 55.3 Å². The summed E-state index contributed by atoms with van der Waals surface area (Å²) in [6.07, 6.45) is 9.54. The number of nitrogens with one attached hydrogen (secondary N) is 1. The van der Waals surface area contributed by atoms with E-state index in [2.05, 4.69) is 11.4 Å². The first-order valence-corrected chi connectivity index (χ1v) is 20.0.